The molecule has 26 heavy (non-hydrogen) atoms. The van der Waals surface area contributed by atoms with E-state index in [4.69, 9.17) is 22.1 Å². The van der Waals surface area contributed by atoms with Gasteiger partial charge in [-0.1, -0.05) is 44.2 Å². The molecule has 2 rings (SSSR count). The summed E-state index contributed by atoms with van der Waals surface area (Å²) in [6, 6.07) is 2.35. The summed E-state index contributed by atoms with van der Waals surface area (Å²) < 4.78 is 46.5. The Labute approximate surface area is 154 Å². The molecule has 3 N–H and O–H groups in total. The highest BCUT2D eigenvalue weighted by Gasteiger charge is 2.58. The van der Waals surface area contributed by atoms with Crippen molar-refractivity contribution in [3.05, 3.63) is 28.3 Å². The van der Waals surface area contributed by atoms with E-state index in [9.17, 15) is 23.1 Å². The largest absolute Gasteiger partial charge is 0.433 e. The number of carbonyl (C=O) groups excluding carboxylic acids is 1. The molecule has 0 aromatic heterocycles. The summed E-state index contributed by atoms with van der Waals surface area (Å²) in [5.74, 6) is 3.68. The first-order chi connectivity index (χ1) is 11.8. The second kappa shape index (κ2) is 6.67. The topological polar surface area (TPSA) is 72.5 Å². The van der Waals surface area contributed by atoms with Gasteiger partial charge in [-0.15, -0.1) is 0 Å². The summed E-state index contributed by atoms with van der Waals surface area (Å²) >= 11 is 6.16. The Kier molecular flexibility index (Phi) is 5.24. The molecule has 1 amide bonds. The predicted molar refractivity (Wildman–Crippen MR) is 90.8 cm³/mol. The van der Waals surface area contributed by atoms with Crippen molar-refractivity contribution in [3.63, 3.8) is 0 Å². The van der Waals surface area contributed by atoms with Crippen LogP contribution in [-0.4, -0.2) is 17.4 Å². The lowest BCUT2D eigenvalue weighted by Gasteiger charge is -2.33. The average Bonchev–Trinajstić information content (AvgIpc) is 3.27. The number of primary amides is 1. The van der Waals surface area contributed by atoms with Gasteiger partial charge in [-0.25, -0.2) is 4.79 Å². The monoisotopic (exact) mass is 389 g/mol. The van der Waals surface area contributed by atoms with Crippen LogP contribution >= 0.6 is 11.6 Å². The van der Waals surface area contributed by atoms with Gasteiger partial charge in [0.15, 0.2) is 0 Å². The van der Waals surface area contributed by atoms with Gasteiger partial charge < -0.3 is 15.6 Å². The second-order valence-electron chi connectivity index (χ2n) is 7.22. The van der Waals surface area contributed by atoms with Gasteiger partial charge in [-0.05, 0) is 36.0 Å². The van der Waals surface area contributed by atoms with Crippen LogP contribution in [-0.2, 0) is 11.0 Å². The number of hydrogen-bond acceptors (Lipinski definition) is 3. The summed E-state index contributed by atoms with van der Waals surface area (Å²) in [6.07, 6.45) is -5.12. The molecule has 0 heterocycles. The fraction of sp³-hybridized carbons (Fsp3) is 0.500. The number of alkyl halides is 3. The fourth-order valence-corrected chi connectivity index (χ4v) is 2.99. The molecule has 1 fully saturated rings. The number of rotatable bonds is 2. The molecule has 1 aromatic rings. The van der Waals surface area contributed by atoms with E-state index in [0.717, 1.165) is 6.07 Å². The van der Waals surface area contributed by atoms with Gasteiger partial charge in [0.1, 0.15) is 5.75 Å². The highest BCUT2D eigenvalue weighted by atomic mass is 35.5. The number of carbonyl (C=O) groups is 1. The van der Waals surface area contributed by atoms with Gasteiger partial charge >= 0.3 is 12.3 Å². The lowest BCUT2D eigenvalue weighted by atomic mass is 9.77. The first-order valence-corrected chi connectivity index (χ1v) is 8.27. The molecule has 8 heteroatoms. The van der Waals surface area contributed by atoms with Crippen molar-refractivity contribution >= 4 is 17.7 Å². The predicted octanol–water partition coefficient (Wildman–Crippen LogP) is 4.26. The van der Waals surface area contributed by atoms with E-state index in [-0.39, 0.29) is 16.5 Å². The van der Waals surface area contributed by atoms with E-state index in [1.807, 2.05) is 5.92 Å². The molecule has 1 unspecified atom stereocenters. The minimum atomic E-state index is -5.16. The third-order valence-corrected chi connectivity index (χ3v) is 4.20. The molecular weight excluding hydrogens is 371 g/mol. The van der Waals surface area contributed by atoms with Crippen LogP contribution < -0.4 is 10.5 Å². The van der Waals surface area contributed by atoms with Crippen LogP contribution in [0.4, 0.5) is 18.0 Å². The molecule has 1 aliphatic rings. The molecule has 0 aliphatic heterocycles. The molecule has 0 bridgehead atoms. The van der Waals surface area contributed by atoms with Gasteiger partial charge in [0, 0.05) is 10.9 Å². The van der Waals surface area contributed by atoms with Crippen LogP contribution in [0.15, 0.2) is 12.1 Å². The molecule has 1 aliphatic carbocycles. The Morgan fingerprint density at radius 2 is 1.85 bits per heavy atom. The Morgan fingerprint density at radius 3 is 2.27 bits per heavy atom. The minimum Gasteiger partial charge on any atom is -0.410 e. The van der Waals surface area contributed by atoms with Gasteiger partial charge in [-0.3, -0.25) is 0 Å². The molecule has 1 saturated carbocycles. The molecule has 1 atom stereocenters. The van der Waals surface area contributed by atoms with E-state index in [2.05, 4.69) is 5.92 Å². The maximum atomic E-state index is 13.9. The number of ether oxygens (including phenoxy) is 1. The Hall–Kier alpha value is -1.91. The van der Waals surface area contributed by atoms with Crippen molar-refractivity contribution in [3.8, 4) is 17.6 Å². The first-order valence-electron chi connectivity index (χ1n) is 7.90. The van der Waals surface area contributed by atoms with Crippen molar-refractivity contribution < 1.29 is 27.8 Å². The maximum Gasteiger partial charge on any atom is 0.433 e. The Balaban J connectivity index is 2.87. The van der Waals surface area contributed by atoms with Crippen molar-refractivity contribution in [2.75, 3.05) is 0 Å². The third-order valence-electron chi connectivity index (χ3n) is 3.88. The van der Waals surface area contributed by atoms with Crippen LogP contribution in [0.5, 0.6) is 5.75 Å². The van der Waals surface area contributed by atoms with Gasteiger partial charge in [0.25, 0.3) is 5.60 Å². The highest BCUT2D eigenvalue weighted by molar-refractivity contribution is 6.31. The summed E-state index contributed by atoms with van der Waals surface area (Å²) in [4.78, 5) is 11.2. The number of halogens is 4. The van der Waals surface area contributed by atoms with E-state index in [1.165, 1.54) is 6.07 Å². The average molecular weight is 390 g/mol. The zero-order chi connectivity index (χ0) is 19.9. The number of benzene rings is 1. The van der Waals surface area contributed by atoms with Crippen molar-refractivity contribution in [1.82, 2.24) is 0 Å². The second-order valence-corrected chi connectivity index (χ2v) is 7.63. The SMILES string of the molecule is CC(C)(C)c1c(Cl)ccc(OC(N)=O)c1C(O)(C#CC1CC1)C(F)(F)F. The number of aliphatic hydroxyl groups is 1. The Bertz CT molecular complexity index is 786. The smallest absolute Gasteiger partial charge is 0.410 e. The van der Waals surface area contributed by atoms with Gasteiger partial charge in [0.2, 0.25) is 0 Å². The van der Waals surface area contributed by atoms with E-state index in [1.54, 1.807) is 20.8 Å². The molecule has 0 radical (unpaired) electrons. The quantitative estimate of drug-likeness (QED) is 0.742. The summed E-state index contributed by atoms with van der Waals surface area (Å²) in [6.45, 7) is 4.87. The van der Waals surface area contributed by atoms with E-state index >= 15 is 0 Å². The summed E-state index contributed by atoms with van der Waals surface area (Å²) in [7, 11) is 0. The number of hydrogen-bond donors (Lipinski definition) is 2. The fourth-order valence-electron chi connectivity index (χ4n) is 2.55. The highest BCUT2D eigenvalue weighted by Crippen LogP contribution is 2.49. The molecule has 0 saturated heterocycles. The van der Waals surface area contributed by atoms with Crippen LogP contribution in [0, 0.1) is 17.8 Å². The molecule has 4 nitrogen and oxygen atoms in total. The zero-order valence-electron chi connectivity index (χ0n) is 14.5. The lowest BCUT2D eigenvalue weighted by molar-refractivity contribution is -0.241. The lowest BCUT2D eigenvalue weighted by Crippen LogP contribution is -2.43. The van der Waals surface area contributed by atoms with Crippen molar-refractivity contribution in [2.24, 2.45) is 11.7 Å². The molecule has 0 spiro atoms. The van der Waals surface area contributed by atoms with Crippen molar-refractivity contribution in [2.45, 2.75) is 50.8 Å². The minimum absolute atomic E-state index is 0.0137. The van der Waals surface area contributed by atoms with Gasteiger partial charge in [0.05, 0.1) is 5.56 Å². The van der Waals surface area contributed by atoms with E-state index in [0.29, 0.717) is 12.8 Å². The third kappa shape index (κ3) is 4.08. The molecule has 142 valence electrons. The Morgan fingerprint density at radius 1 is 1.27 bits per heavy atom. The standard InChI is InChI=1S/C18H19ClF3NO3/c1-16(2,3)13-11(19)6-7-12(26-15(23)24)14(13)17(25,18(20,21)22)9-8-10-4-5-10/h6-7,10,25H,4-5H2,1-3H3,(H2,23,24). The normalized spacial score (nSPS) is 17.1. The summed E-state index contributed by atoms with van der Waals surface area (Å²) in [5.41, 5.74) is -0.229. The summed E-state index contributed by atoms with van der Waals surface area (Å²) in [5, 5.41) is 10.7. The van der Waals surface area contributed by atoms with Crippen LogP contribution in [0.1, 0.15) is 44.7 Å². The zero-order valence-corrected chi connectivity index (χ0v) is 15.3. The number of nitrogens with two attached hydrogens (primary N) is 1. The molecular formula is C18H19ClF3NO3. The van der Waals surface area contributed by atoms with Crippen molar-refractivity contribution in [1.29, 1.82) is 0 Å². The van der Waals surface area contributed by atoms with E-state index < -0.39 is 34.6 Å². The van der Waals surface area contributed by atoms with Crippen LogP contribution in [0.25, 0.3) is 0 Å². The number of amides is 1. The first kappa shape index (κ1) is 20.4. The van der Waals surface area contributed by atoms with Gasteiger partial charge in [-0.2, -0.15) is 13.2 Å². The van der Waals surface area contributed by atoms with Crippen LogP contribution in [0.2, 0.25) is 5.02 Å². The molecule has 1 aromatic carbocycles. The van der Waals surface area contributed by atoms with Crippen LogP contribution in [0.3, 0.4) is 0 Å². The maximum absolute atomic E-state index is 13.9.